The highest BCUT2D eigenvalue weighted by atomic mass is 16.4. The fourth-order valence-corrected chi connectivity index (χ4v) is 1.74. The molecule has 0 saturated heterocycles. The third-order valence-electron chi connectivity index (χ3n) is 3.01. The first-order chi connectivity index (χ1) is 8.82. The molecule has 0 aliphatic heterocycles. The smallest absolute Gasteiger partial charge is 0.315 e. The lowest BCUT2D eigenvalue weighted by molar-refractivity contribution is -0.137. The summed E-state index contributed by atoms with van der Waals surface area (Å²) in [7, 11) is 0. The SMILES string of the molecule is CC(C)CCCCNC(=O)NC(CC(=O)O)C(C)C. The fourth-order valence-electron chi connectivity index (χ4n) is 1.74. The zero-order valence-electron chi connectivity index (χ0n) is 12.5. The van der Waals surface area contributed by atoms with Gasteiger partial charge in [0, 0.05) is 12.6 Å². The summed E-state index contributed by atoms with van der Waals surface area (Å²) < 4.78 is 0. The van der Waals surface area contributed by atoms with Crippen molar-refractivity contribution in [1.82, 2.24) is 10.6 Å². The van der Waals surface area contributed by atoms with Crippen molar-refractivity contribution in [2.75, 3.05) is 6.54 Å². The highest BCUT2D eigenvalue weighted by Gasteiger charge is 2.18. The quantitative estimate of drug-likeness (QED) is 0.564. The van der Waals surface area contributed by atoms with Crippen molar-refractivity contribution in [3.63, 3.8) is 0 Å². The van der Waals surface area contributed by atoms with E-state index >= 15 is 0 Å². The Morgan fingerprint density at radius 3 is 2.21 bits per heavy atom. The second-order valence-electron chi connectivity index (χ2n) is 5.74. The second kappa shape index (κ2) is 9.64. The number of carboxylic acid groups (broad SMARTS) is 1. The molecule has 0 aromatic heterocycles. The fraction of sp³-hybridized carbons (Fsp3) is 0.857. The van der Waals surface area contributed by atoms with E-state index in [1.54, 1.807) is 0 Å². The van der Waals surface area contributed by atoms with E-state index in [9.17, 15) is 9.59 Å². The number of urea groups is 1. The molecular formula is C14H28N2O3. The minimum absolute atomic E-state index is 0.0432. The molecule has 0 aromatic rings. The zero-order chi connectivity index (χ0) is 14.8. The molecule has 0 radical (unpaired) electrons. The highest BCUT2D eigenvalue weighted by Crippen LogP contribution is 2.06. The lowest BCUT2D eigenvalue weighted by Gasteiger charge is -2.20. The lowest BCUT2D eigenvalue weighted by atomic mass is 10.0. The summed E-state index contributed by atoms with van der Waals surface area (Å²) in [6, 6.07) is -0.599. The molecule has 1 unspecified atom stereocenters. The van der Waals surface area contributed by atoms with Crippen LogP contribution in [0.1, 0.15) is 53.4 Å². The molecule has 0 saturated carbocycles. The average Bonchev–Trinajstić information content (AvgIpc) is 2.26. The van der Waals surface area contributed by atoms with Crippen LogP contribution in [0.2, 0.25) is 0 Å². The molecule has 0 aromatic carbocycles. The summed E-state index contributed by atoms with van der Waals surface area (Å²) in [4.78, 5) is 22.3. The number of unbranched alkanes of at least 4 members (excludes halogenated alkanes) is 1. The van der Waals surface area contributed by atoms with Gasteiger partial charge in [-0.15, -0.1) is 0 Å². The standard InChI is InChI=1S/C14H28N2O3/c1-10(2)7-5-6-8-15-14(19)16-12(11(3)4)9-13(17)18/h10-12H,5-9H2,1-4H3,(H,17,18)(H2,15,16,19). The summed E-state index contributed by atoms with van der Waals surface area (Å²) in [6.45, 7) is 8.79. The van der Waals surface area contributed by atoms with Crippen LogP contribution in [0, 0.1) is 11.8 Å². The zero-order valence-corrected chi connectivity index (χ0v) is 12.5. The molecule has 19 heavy (non-hydrogen) atoms. The summed E-state index contributed by atoms with van der Waals surface area (Å²) in [6.07, 6.45) is 3.17. The van der Waals surface area contributed by atoms with Crippen LogP contribution in [0.15, 0.2) is 0 Å². The van der Waals surface area contributed by atoms with E-state index in [0.29, 0.717) is 12.5 Å². The van der Waals surface area contributed by atoms with E-state index in [4.69, 9.17) is 5.11 Å². The number of carbonyl (C=O) groups excluding carboxylic acids is 1. The highest BCUT2D eigenvalue weighted by molar-refractivity contribution is 5.75. The molecule has 2 amide bonds. The van der Waals surface area contributed by atoms with Gasteiger partial charge >= 0.3 is 12.0 Å². The van der Waals surface area contributed by atoms with E-state index in [0.717, 1.165) is 19.3 Å². The Morgan fingerprint density at radius 1 is 1.11 bits per heavy atom. The molecular weight excluding hydrogens is 244 g/mol. The Labute approximate surface area is 116 Å². The van der Waals surface area contributed by atoms with Crippen molar-refractivity contribution in [3.05, 3.63) is 0 Å². The van der Waals surface area contributed by atoms with Gasteiger partial charge in [0.05, 0.1) is 6.42 Å². The van der Waals surface area contributed by atoms with E-state index in [2.05, 4.69) is 24.5 Å². The number of carbonyl (C=O) groups is 2. The number of nitrogens with one attached hydrogen (secondary N) is 2. The predicted octanol–water partition coefficient (Wildman–Crippen LogP) is 2.61. The van der Waals surface area contributed by atoms with Gasteiger partial charge in [-0.1, -0.05) is 40.5 Å². The number of rotatable bonds is 9. The third-order valence-corrected chi connectivity index (χ3v) is 3.01. The molecule has 0 heterocycles. The molecule has 0 spiro atoms. The van der Waals surface area contributed by atoms with Crippen molar-refractivity contribution in [1.29, 1.82) is 0 Å². The number of carboxylic acids is 1. The normalized spacial score (nSPS) is 12.5. The Balaban J connectivity index is 3.84. The van der Waals surface area contributed by atoms with Crippen LogP contribution >= 0.6 is 0 Å². The van der Waals surface area contributed by atoms with Crippen molar-refractivity contribution < 1.29 is 14.7 Å². The third kappa shape index (κ3) is 10.4. The van der Waals surface area contributed by atoms with Crippen LogP contribution in [-0.2, 0) is 4.79 Å². The molecule has 0 aliphatic rings. The van der Waals surface area contributed by atoms with Crippen molar-refractivity contribution in [3.8, 4) is 0 Å². The van der Waals surface area contributed by atoms with E-state index in [1.807, 2.05) is 13.8 Å². The topological polar surface area (TPSA) is 78.4 Å². The van der Waals surface area contributed by atoms with Crippen molar-refractivity contribution in [2.24, 2.45) is 11.8 Å². The van der Waals surface area contributed by atoms with Gasteiger partial charge in [-0.3, -0.25) is 4.79 Å². The Hall–Kier alpha value is -1.26. The van der Waals surface area contributed by atoms with Crippen molar-refractivity contribution in [2.45, 2.75) is 59.4 Å². The average molecular weight is 272 g/mol. The summed E-state index contributed by atoms with van der Waals surface area (Å²) in [5, 5.41) is 14.3. The number of hydrogen-bond donors (Lipinski definition) is 3. The Kier molecular flexibility index (Phi) is 9.00. The van der Waals surface area contributed by atoms with Crippen LogP contribution < -0.4 is 10.6 Å². The molecule has 0 aliphatic carbocycles. The van der Waals surface area contributed by atoms with Gasteiger partial charge in [0.15, 0.2) is 0 Å². The van der Waals surface area contributed by atoms with Crippen molar-refractivity contribution >= 4 is 12.0 Å². The van der Waals surface area contributed by atoms with E-state index < -0.39 is 5.97 Å². The lowest BCUT2D eigenvalue weighted by Crippen LogP contribution is -2.45. The van der Waals surface area contributed by atoms with Gasteiger partial charge in [0.1, 0.15) is 0 Å². The van der Waals surface area contributed by atoms with Gasteiger partial charge in [-0.25, -0.2) is 4.79 Å². The Bertz CT molecular complexity index is 278. The number of amides is 2. The first-order valence-electron chi connectivity index (χ1n) is 7.09. The first-order valence-corrected chi connectivity index (χ1v) is 7.09. The molecule has 0 bridgehead atoms. The summed E-state index contributed by atoms with van der Waals surface area (Å²) in [5.41, 5.74) is 0. The minimum atomic E-state index is -0.893. The summed E-state index contributed by atoms with van der Waals surface area (Å²) in [5.74, 6) is -0.103. The molecule has 3 N–H and O–H groups in total. The van der Waals surface area contributed by atoms with Gasteiger partial charge in [-0.2, -0.15) is 0 Å². The first kappa shape index (κ1) is 17.7. The molecule has 0 rings (SSSR count). The number of aliphatic carboxylic acids is 1. The van der Waals surface area contributed by atoms with Crippen LogP contribution in [0.4, 0.5) is 4.79 Å². The van der Waals surface area contributed by atoms with E-state index in [1.165, 1.54) is 0 Å². The largest absolute Gasteiger partial charge is 0.481 e. The maximum absolute atomic E-state index is 11.6. The summed E-state index contributed by atoms with van der Waals surface area (Å²) >= 11 is 0. The number of hydrogen-bond acceptors (Lipinski definition) is 2. The molecule has 1 atom stereocenters. The van der Waals surface area contributed by atoms with Crippen LogP contribution in [0.25, 0.3) is 0 Å². The van der Waals surface area contributed by atoms with Crippen LogP contribution in [0.3, 0.4) is 0 Å². The Morgan fingerprint density at radius 2 is 1.74 bits per heavy atom. The van der Waals surface area contributed by atoms with Gasteiger partial charge in [0.2, 0.25) is 0 Å². The predicted molar refractivity (Wildman–Crippen MR) is 76.1 cm³/mol. The monoisotopic (exact) mass is 272 g/mol. The maximum atomic E-state index is 11.6. The maximum Gasteiger partial charge on any atom is 0.315 e. The van der Waals surface area contributed by atoms with Gasteiger partial charge < -0.3 is 15.7 Å². The van der Waals surface area contributed by atoms with Gasteiger partial charge in [0.25, 0.3) is 0 Å². The van der Waals surface area contributed by atoms with Gasteiger partial charge in [-0.05, 0) is 18.3 Å². The second-order valence-corrected chi connectivity index (χ2v) is 5.74. The molecule has 5 nitrogen and oxygen atoms in total. The van der Waals surface area contributed by atoms with E-state index in [-0.39, 0.29) is 24.4 Å². The minimum Gasteiger partial charge on any atom is -0.481 e. The molecule has 0 fully saturated rings. The molecule has 5 heteroatoms. The van der Waals surface area contributed by atoms with Crippen LogP contribution in [-0.4, -0.2) is 29.7 Å². The molecule has 112 valence electrons. The van der Waals surface area contributed by atoms with Crippen LogP contribution in [0.5, 0.6) is 0 Å².